The molecule has 1 aliphatic heterocycles. The van der Waals surface area contributed by atoms with Crippen molar-refractivity contribution < 1.29 is 17.9 Å². The van der Waals surface area contributed by atoms with Gasteiger partial charge in [0.05, 0.1) is 17.4 Å². The number of nitrogens with zero attached hydrogens (tertiary/aromatic N) is 1. The molecule has 1 heterocycles. The summed E-state index contributed by atoms with van der Waals surface area (Å²) in [5, 5.41) is 0. The molecule has 0 N–H and O–H groups in total. The van der Waals surface area contributed by atoms with Crippen LogP contribution in [-0.4, -0.2) is 44.7 Å². The van der Waals surface area contributed by atoms with E-state index in [1.165, 1.54) is 0 Å². The van der Waals surface area contributed by atoms with Crippen molar-refractivity contribution in [1.82, 2.24) is 4.90 Å². The zero-order valence-corrected chi connectivity index (χ0v) is 14.2. The molecule has 0 aromatic carbocycles. The first-order valence-corrected chi connectivity index (χ1v) is 8.13. The van der Waals surface area contributed by atoms with E-state index in [1.54, 1.807) is 4.90 Å². The summed E-state index contributed by atoms with van der Waals surface area (Å²) in [6.45, 7) is 12.1. The molecule has 0 spiro atoms. The molecule has 1 aliphatic rings. The van der Waals surface area contributed by atoms with Crippen LogP contribution < -0.4 is 0 Å². The van der Waals surface area contributed by atoms with Gasteiger partial charge >= 0.3 is 6.09 Å². The van der Waals surface area contributed by atoms with Crippen LogP contribution in [0.1, 0.15) is 54.4 Å². The molecule has 0 aromatic rings. The molecule has 20 heavy (non-hydrogen) atoms. The van der Waals surface area contributed by atoms with Gasteiger partial charge in [-0.3, -0.25) is 4.18 Å². The van der Waals surface area contributed by atoms with Gasteiger partial charge in [-0.25, -0.2) is 9.00 Å². The Morgan fingerprint density at radius 1 is 1.25 bits per heavy atom. The molecule has 6 heteroatoms. The summed E-state index contributed by atoms with van der Waals surface area (Å²) in [6.07, 6.45) is 1.47. The van der Waals surface area contributed by atoms with E-state index in [0.29, 0.717) is 13.2 Å². The maximum absolute atomic E-state index is 12.1. The van der Waals surface area contributed by atoms with E-state index in [1.807, 2.05) is 41.5 Å². The second-order valence-electron chi connectivity index (χ2n) is 7.10. The highest BCUT2D eigenvalue weighted by Crippen LogP contribution is 2.22. The van der Waals surface area contributed by atoms with E-state index in [2.05, 4.69) is 0 Å². The summed E-state index contributed by atoms with van der Waals surface area (Å²) in [7, 11) is 0. The van der Waals surface area contributed by atoms with Gasteiger partial charge in [0, 0.05) is 6.54 Å². The average molecular weight is 305 g/mol. The second kappa shape index (κ2) is 6.43. The SMILES string of the molecule is CC(C)(C)OC(=O)N1CCC[C@H]1COS(=O)C(C)(C)C. The Labute approximate surface area is 124 Å². The van der Waals surface area contributed by atoms with Crippen molar-refractivity contribution in [3.8, 4) is 0 Å². The Morgan fingerprint density at radius 3 is 2.35 bits per heavy atom. The Bertz CT molecular complexity index is 370. The van der Waals surface area contributed by atoms with E-state index in [0.717, 1.165) is 12.8 Å². The van der Waals surface area contributed by atoms with Crippen molar-refractivity contribution in [3.63, 3.8) is 0 Å². The normalized spacial score (nSPS) is 21.9. The largest absolute Gasteiger partial charge is 0.444 e. The summed E-state index contributed by atoms with van der Waals surface area (Å²) in [4.78, 5) is 13.8. The van der Waals surface area contributed by atoms with Gasteiger partial charge in [0.1, 0.15) is 5.60 Å². The number of hydrogen-bond acceptors (Lipinski definition) is 4. The zero-order chi connectivity index (χ0) is 15.6. The lowest BCUT2D eigenvalue weighted by molar-refractivity contribution is 0.0191. The lowest BCUT2D eigenvalue weighted by atomic mass is 10.2. The average Bonchev–Trinajstić information content (AvgIpc) is 2.70. The first-order valence-electron chi connectivity index (χ1n) is 7.05. The van der Waals surface area contributed by atoms with E-state index in [9.17, 15) is 9.00 Å². The molecule has 1 fully saturated rings. The minimum Gasteiger partial charge on any atom is -0.444 e. The van der Waals surface area contributed by atoms with Crippen LogP contribution in [0.2, 0.25) is 0 Å². The highest BCUT2D eigenvalue weighted by atomic mass is 32.2. The fourth-order valence-corrected chi connectivity index (χ4v) is 2.52. The van der Waals surface area contributed by atoms with Crippen LogP contribution in [0.25, 0.3) is 0 Å². The predicted molar refractivity (Wildman–Crippen MR) is 79.8 cm³/mol. The molecular weight excluding hydrogens is 278 g/mol. The third kappa shape index (κ3) is 5.40. The minimum atomic E-state index is -1.36. The predicted octanol–water partition coefficient (Wildman–Crippen LogP) is 2.86. The van der Waals surface area contributed by atoms with Gasteiger partial charge in [-0.15, -0.1) is 0 Å². The van der Waals surface area contributed by atoms with E-state index >= 15 is 0 Å². The molecule has 0 bridgehead atoms. The topological polar surface area (TPSA) is 55.8 Å². The summed E-state index contributed by atoms with van der Waals surface area (Å²) in [6, 6.07) is -0.0452. The van der Waals surface area contributed by atoms with Crippen LogP contribution in [0.4, 0.5) is 4.79 Å². The number of rotatable bonds is 3. The van der Waals surface area contributed by atoms with Crippen molar-refractivity contribution in [3.05, 3.63) is 0 Å². The summed E-state index contributed by atoms with van der Waals surface area (Å²) < 4.78 is 22.3. The second-order valence-corrected chi connectivity index (χ2v) is 9.03. The van der Waals surface area contributed by atoms with Crippen LogP contribution in [0, 0.1) is 0 Å². The number of ether oxygens (including phenoxy) is 1. The quantitative estimate of drug-likeness (QED) is 0.804. The molecule has 0 aliphatic carbocycles. The van der Waals surface area contributed by atoms with Crippen molar-refractivity contribution in [2.45, 2.75) is 70.8 Å². The standard InChI is InChI=1S/C14H27NO4S/c1-13(2,3)19-12(16)15-9-7-8-11(15)10-18-20(17)14(4,5)6/h11H,7-10H2,1-6H3/t11-,20?/m0/s1. The maximum atomic E-state index is 12.1. The van der Waals surface area contributed by atoms with Crippen LogP contribution >= 0.6 is 0 Å². The van der Waals surface area contributed by atoms with Crippen LogP contribution in [-0.2, 0) is 20.0 Å². The van der Waals surface area contributed by atoms with Gasteiger partial charge in [-0.1, -0.05) is 0 Å². The molecule has 1 amide bonds. The molecule has 1 rings (SSSR count). The first kappa shape index (κ1) is 17.4. The molecule has 0 radical (unpaired) electrons. The highest BCUT2D eigenvalue weighted by molar-refractivity contribution is 7.81. The molecule has 118 valence electrons. The number of amides is 1. The van der Waals surface area contributed by atoms with E-state index < -0.39 is 21.4 Å². The molecule has 1 saturated heterocycles. The number of likely N-dealkylation sites (tertiary alicyclic amines) is 1. The van der Waals surface area contributed by atoms with Crippen LogP contribution in [0.5, 0.6) is 0 Å². The van der Waals surface area contributed by atoms with Crippen molar-refractivity contribution in [2.75, 3.05) is 13.2 Å². The highest BCUT2D eigenvalue weighted by Gasteiger charge is 2.33. The number of carbonyl (C=O) groups excluding carboxylic acids is 1. The fraction of sp³-hybridized carbons (Fsp3) is 0.929. The Balaban J connectivity index is 2.54. The molecule has 1 unspecified atom stereocenters. The van der Waals surface area contributed by atoms with Gasteiger partial charge in [-0.2, -0.15) is 0 Å². The van der Waals surface area contributed by atoms with Crippen LogP contribution in [0.15, 0.2) is 0 Å². The van der Waals surface area contributed by atoms with Crippen molar-refractivity contribution in [2.24, 2.45) is 0 Å². The van der Waals surface area contributed by atoms with Gasteiger partial charge in [0.15, 0.2) is 11.1 Å². The molecule has 5 nitrogen and oxygen atoms in total. The van der Waals surface area contributed by atoms with Gasteiger partial charge in [0.2, 0.25) is 0 Å². The van der Waals surface area contributed by atoms with E-state index in [-0.39, 0.29) is 12.1 Å². The Hall–Kier alpha value is -0.620. The molecular formula is C14H27NO4S. The maximum Gasteiger partial charge on any atom is 0.410 e. The zero-order valence-electron chi connectivity index (χ0n) is 13.4. The summed E-state index contributed by atoms with van der Waals surface area (Å²) >= 11 is -1.36. The molecule has 0 saturated carbocycles. The van der Waals surface area contributed by atoms with Crippen LogP contribution in [0.3, 0.4) is 0 Å². The van der Waals surface area contributed by atoms with Crippen molar-refractivity contribution in [1.29, 1.82) is 0 Å². The smallest absolute Gasteiger partial charge is 0.410 e. The minimum absolute atomic E-state index is 0.0452. The van der Waals surface area contributed by atoms with Gasteiger partial charge < -0.3 is 9.64 Å². The number of hydrogen-bond donors (Lipinski definition) is 0. The molecule has 0 aromatic heterocycles. The van der Waals surface area contributed by atoms with Gasteiger partial charge in [0.25, 0.3) is 0 Å². The third-order valence-electron chi connectivity index (χ3n) is 2.87. The lowest BCUT2D eigenvalue weighted by Crippen LogP contribution is -2.42. The summed E-state index contributed by atoms with van der Waals surface area (Å²) in [5.41, 5.74) is -0.501. The number of carbonyl (C=O) groups is 1. The Kier molecular flexibility index (Phi) is 5.61. The summed E-state index contributed by atoms with van der Waals surface area (Å²) in [5.74, 6) is 0. The lowest BCUT2D eigenvalue weighted by Gasteiger charge is -2.28. The third-order valence-corrected chi connectivity index (χ3v) is 4.22. The molecule has 2 atom stereocenters. The van der Waals surface area contributed by atoms with E-state index in [4.69, 9.17) is 8.92 Å². The Morgan fingerprint density at radius 2 is 1.85 bits per heavy atom. The first-order chi connectivity index (χ1) is 9.00. The van der Waals surface area contributed by atoms with Crippen molar-refractivity contribution >= 4 is 17.2 Å². The fourth-order valence-electron chi connectivity index (χ4n) is 1.89. The monoisotopic (exact) mass is 305 g/mol. The van der Waals surface area contributed by atoms with Gasteiger partial charge in [-0.05, 0) is 54.4 Å².